The lowest BCUT2D eigenvalue weighted by molar-refractivity contribution is -0.125. The van der Waals surface area contributed by atoms with Gasteiger partial charge in [0.15, 0.2) is 0 Å². The third kappa shape index (κ3) is 3.51. The van der Waals surface area contributed by atoms with Crippen molar-refractivity contribution in [2.45, 2.75) is 26.2 Å². The molecule has 20 heavy (non-hydrogen) atoms. The van der Waals surface area contributed by atoms with Gasteiger partial charge in [-0.2, -0.15) is 0 Å². The number of anilines is 1. The van der Waals surface area contributed by atoms with Crippen molar-refractivity contribution < 1.29 is 4.79 Å². The Morgan fingerprint density at radius 2 is 2.05 bits per heavy atom. The van der Waals surface area contributed by atoms with Crippen LogP contribution < -0.4 is 16.0 Å². The second-order valence-electron chi connectivity index (χ2n) is 5.51. The van der Waals surface area contributed by atoms with E-state index in [1.165, 1.54) is 5.69 Å². The zero-order valence-electron chi connectivity index (χ0n) is 12.3. The van der Waals surface area contributed by atoms with E-state index >= 15 is 0 Å². The molecule has 4 nitrogen and oxygen atoms in total. The van der Waals surface area contributed by atoms with Gasteiger partial charge in [0, 0.05) is 31.9 Å². The van der Waals surface area contributed by atoms with Gasteiger partial charge in [0.1, 0.15) is 0 Å². The van der Waals surface area contributed by atoms with Gasteiger partial charge in [-0.1, -0.05) is 18.2 Å². The van der Waals surface area contributed by atoms with Crippen molar-refractivity contribution in [1.29, 1.82) is 0 Å². The van der Waals surface area contributed by atoms with Crippen LogP contribution in [-0.2, 0) is 4.79 Å². The molecule has 0 bridgehead atoms. The van der Waals surface area contributed by atoms with Crippen LogP contribution in [0.15, 0.2) is 30.3 Å². The van der Waals surface area contributed by atoms with Gasteiger partial charge in [-0.3, -0.25) is 4.79 Å². The number of carbonyl (C=O) groups is 1. The van der Waals surface area contributed by atoms with Crippen molar-refractivity contribution in [2.75, 3.05) is 31.1 Å². The highest BCUT2D eigenvalue weighted by molar-refractivity contribution is 5.85. The van der Waals surface area contributed by atoms with Crippen molar-refractivity contribution in [3.05, 3.63) is 30.3 Å². The molecule has 0 aliphatic heterocycles. The van der Waals surface area contributed by atoms with Crippen LogP contribution in [0.1, 0.15) is 26.2 Å². The summed E-state index contributed by atoms with van der Waals surface area (Å²) < 4.78 is 0. The summed E-state index contributed by atoms with van der Waals surface area (Å²) >= 11 is 0. The highest BCUT2D eigenvalue weighted by atomic mass is 16.2. The Morgan fingerprint density at radius 3 is 2.60 bits per heavy atom. The van der Waals surface area contributed by atoms with Gasteiger partial charge in [0.05, 0.1) is 5.41 Å². The fourth-order valence-electron chi connectivity index (χ4n) is 2.44. The summed E-state index contributed by atoms with van der Waals surface area (Å²) in [7, 11) is 0. The SMILES string of the molecule is CCN(CCCNC(=O)C1(CN)CC1)c1ccccc1. The smallest absolute Gasteiger partial charge is 0.227 e. The second kappa shape index (κ2) is 6.75. The van der Waals surface area contributed by atoms with E-state index in [1.54, 1.807) is 0 Å². The van der Waals surface area contributed by atoms with Crippen molar-refractivity contribution in [3.8, 4) is 0 Å². The molecule has 1 aromatic carbocycles. The lowest BCUT2D eigenvalue weighted by Crippen LogP contribution is -2.38. The monoisotopic (exact) mass is 275 g/mol. The summed E-state index contributed by atoms with van der Waals surface area (Å²) in [5, 5.41) is 3.02. The van der Waals surface area contributed by atoms with Gasteiger partial charge in [-0.15, -0.1) is 0 Å². The van der Waals surface area contributed by atoms with Crippen LogP contribution in [0, 0.1) is 5.41 Å². The second-order valence-corrected chi connectivity index (χ2v) is 5.51. The molecule has 1 aliphatic carbocycles. The molecule has 1 amide bonds. The molecule has 0 radical (unpaired) electrons. The predicted molar refractivity (Wildman–Crippen MR) is 82.7 cm³/mol. The normalized spacial score (nSPS) is 15.7. The van der Waals surface area contributed by atoms with Crippen molar-refractivity contribution in [3.63, 3.8) is 0 Å². The largest absolute Gasteiger partial charge is 0.372 e. The van der Waals surface area contributed by atoms with Crippen molar-refractivity contribution in [2.24, 2.45) is 11.1 Å². The van der Waals surface area contributed by atoms with Gasteiger partial charge in [0.25, 0.3) is 0 Å². The molecular weight excluding hydrogens is 250 g/mol. The topological polar surface area (TPSA) is 58.4 Å². The molecule has 1 fully saturated rings. The summed E-state index contributed by atoms with van der Waals surface area (Å²) in [6.07, 6.45) is 2.84. The van der Waals surface area contributed by atoms with E-state index in [0.29, 0.717) is 6.54 Å². The quantitative estimate of drug-likeness (QED) is 0.711. The molecule has 1 aromatic rings. The molecule has 110 valence electrons. The minimum absolute atomic E-state index is 0.141. The standard InChI is InChI=1S/C16H25N3O/c1-2-19(14-7-4-3-5-8-14)12-6-11-18-15(20)16(13-17)9-10-16/h3-5,7-8H,2,6,9-13,17H2,1H3,(H,18,20). The number of carbonyl (C=O) groups excluding carboxylic acids is 1. The molecule has 0 atom stereocenters. The first-order valence-corrected chi connectivity index (χ1v) is 7.50. The maximum Gasteiger partial charge on any atom is 0.227 e. The minimum atomic E-state index is -0.232. The highest BCUT2D eigenvalue weighted by Crippen LogP contribution is 2.44. The fraction of sp³-hybridized carbons (Fsp3) is 0.562. The Labute approximate surface area is 121 Å². The zero-order chi connectivity index (χ0) is 14.4. The molecule has 3 N–H and O–H groups in total. The van der Waals surface area contributed by atoms with E-state index in [0.717, 1.165) is 38.9 Å². The van der Waals surface area contributed by atoms with Crippen LogP contribution in [-0.4, -0.2) is 32.1 Å². The highest BCUT2D eigenvalue weighted by Gasteiger charge is 2.48. The number of nitrogens with two attached hydrogens (primary N) is 1. The number of rotatable bonds is 8. The van der Waals surface area contributed by atoms with Crippen LogP contribution >= 0.6 is 0 Å². The van der Waals surface area contributed by atoms with Crippen LogP contribution in [0.4, 0.5) is 5.69 Å². The number of nitrogens with zero attached hydrogens (tertiary/aromatic N) is 1. The van der Waals surface area contributed by atoms with Gasteiger partial charge in [-0.25, -0.2) is 0 Å². The summed E-state index contributed by atoms with van der Waals surface area (Å²) in [6.45, 7) is 5.29. The summed E-state index contributed by atoms with van der Waals surface area (Å²) in [5.41, 5.74) is 6.66. The molecule has 1 aliphatic rings. The lowest BCUT2D eigenvalue weighted by Gasteiger charge is -2.23. The predicted octanol–water partition coefficient (Wildman–Crippen LogP) is 1.76. The molecule has 1 saturated carbocycles. The summed E-state index contributed by atoms with van der Waals surface area (Å²) in [4.78, 5) is 14.3. The van der Waals surface area contributed by atoms with E-state index in [2.05, 4.69) is 41.4 Å². The average molecular weight is 275 g/mol. The first-order valence-electron chi connectivity index (χ1n) is 7.50. The van der Waals surface area contributed by atoms with Crippen LogP contribution in [0.25, 0.3) is 0 Å². The Hall–Kier alpha value is -1.55. The first-order chi connectivity index (χ1) is 9.72. The average Bonchev–Trinajstić information content (AvgIpc) is 3.29. The van der Waals surface area contributed by atoms with E-state index in [-0.39, 0.29) is 11.3 Å². The molecule has 0 heterocycles. The lowest BCUT2D eigenvalue weighted by atomic mass is 10.1. The zero-order valence-corrected chi connectivity index (χ0v) is 12.3. The van der Waals surface area contributed by atoms with Crippen molar-refractivity contribution in [1.82, 2.24) is 5.32 Å². The van der Waals surface area contributed by atoms with Gasteiger partial charge in [0.2, 0.25) is 5.91 Å². The fourth-order valence-corrected chi connectivity index (χ4v) is 2.44. The van der Waals surface area contributed by atoms with Gasteiger partial charge >= 0.3 is 0 Å². The van der Waals surface area contributed by atoms with Crippen LogP contribution in [0.3, 0.4) is 0 Å². The number of amides is 1. The number of hydrogen-bond acceptors (Lipinski definition) is 3. The Balaban J connectivity index is 1.71. The van der Waals surface area contributed by atoms with Crippen molar-refractivity contribution >= 4 is 11.6 Å². The molecule has 0 unspecified atom stereocenters. The number of para-hydroxylation sites is 1. The maximum atomic E-state index is 11.9. The molecule has 0 aromatic heterocycles. The van der Waals surface area contributed by atoms with Crippen LogP contribution in [0.5, 0.6) is 0 Å². The van der Waals surface area contributed by atoms with Gasteiger partial charge in [-0.05, 0) is 38.3 Å². The minimum Gasteiger partial charge on any atom is -0.372 e. The Morgan fingerprint density at radius 1 is 1.35 bits per heavy atom. The number of benzene rings is 1. The summed E-state index contributed by atoms with van der Waals surface area (Å²) in [6, 6.07) is 10.4. The van der Waals surface area contributed by atoms with E-state index in [4.69, 9.17) is 5.73 Å². The summed E-state index contributed by atoms with van der Waals surface area (Å²) in [5.74, 6) is 0.141. The van der Waals surface area contributed by atoms with Gasteiger partial charge < -0.3 is 16.0 Å². The molecule has 4 heteroatoms. The number of hydrogen-bond donors (Lipinski definition) is 2. The molecule has 0 saturated heterocycles. The maximum absolute atomic E-state index is 11.9. The van der Waals surface area contributed by atoms with E-state index < -0.39 is 0 Å². The number of nitrogens with one attached hydrogen (secondary N) is 1. The molecule has 2 rings (SSSR count). The van der Waals surface area contributed by atoms with E-state index in [9.17, 15) is 4.79 Å². The molecule has 0 spiro atoms. The third-order valence-electron chi connectivity index (χ3n) is 4.12. The van der Waals surface area contributed by atoms with E-state index in [1.807, 2.05) is 6.07 Å². The third-order valence-corrected chi connectivity index (χ3v) is 4.12. The molecular formula is C16H25N3O. The first kappa shape index (κ1) is 14.9. The van der Waals surface area contributed by atoms with Crippen LogP contribution in [0.2, 0.25) is 0 Å². The Bertz CT molecular complexity index is 429. The Kier molecular flexibility index (Phi) is 5.01.